The van der Waals surface area contributed by atoms with Crippen LogP contribution in [0, 0.1) is 0 Å². The summed E-state index contributed by atoms with van der Waals surface area (Å²) in [5.41, 5.74) is 19.1. The van der Waals surface area contributed by atoms with E-state index in [9.17, 15) is 0 Å². The standard InChI is InChI=1S/C60H53N/c1-6-18-43(19-7-2)45-28-30-47(31-29-45)48-22-17-27-53(40-48)61(52-35-32-46(33-36-52)44-20-11-8-12-21-44)54-37-39-56-55-38-34-51(59(3,4)5)41-57(55)60(58(56)42-54,49-23-13-9-14-24-49)50-25-15-10-16-26-50/h6,8-42H,7H2,1-5H3/b18-6-,43-19+. The molecule has 0 aromatic heterocycles. The van der Waals surface area contributed by atoms with Gasteiger partial charge in [-0.25, -0.2) is 0 Å². The third-order valence-electron chi connectivity index (χ3n) is 12.3. The molecule has 0 fully saturated rings. The van der Waals surface area contributed by atoms with Crippen molar-refractivity contribution in [3.63, 3.8) is 0 Å². The second kappa shape index (κ2) is 16.6. The molecule has 9 rings (SSSR count). The fraction of sp³-hybridized carbons (Fsp3) is 0.133. The van der Waals surface area contributed by atoms with E-state index in [1.807, 2.05) is 0 Å². The molecule has 1 aliphatic carbocycles. The molecule has 0 spiro atoms. The predicted octanol–water partition coefficient (Wildman–Crippen LogP) is 16.5. The Bertz CT molecular complexity index is 2800. The molecule has 0 saturated heterocycles. The fourth-order valence-electron chi connectivity index (χ4n) is 9.32. The number of fused-ring (bicyclic) bond motifs is 3. The van der Waals surface area contributed by atoms with Crippen LogP contribution in [-0.4, -0.2) is 0 Å². The van der Waals surface area contributed by atoms with Gasteiger partial charge in [-0.2, -0.15) is 0 Å². The Morgan fingerprint density at radius 1 is 0.492 bits per heavy atom. The second-order valence-corrected chi connectivity index (χ2v) is 17.2. The number of rotatable bonds is 10. The van der Waals surface area contributed by atoms with Crippen LogP contribution in [0.25, 0.3) is 39.0 Å². The minimum atomic E-state index is -0.533. The van der Waals surface area contributed by atoms with E-state index in [1.54, 1.807) is 0 Å². The topological polar surface area (TPSA) is 3.24 Å². The highest BCUT2D eigenvalue weighted by atomic mass is 15.1. The molecule has 1 heteroatoms. The zero-order valence-electron chi connectivity index (χ0n) is 35.9. The first-order chi connectivity index (χ1) is 29.8. The monoisotopic (exact) mass is 787 g/mol. The molecule has 61 heavy (non-hydrogen) atoms. The van der Waals surface area contributed by atoms with Gasteiger partial charge in [0.2, 0.25) is 0 Å². The highest BCUT2D eigenvalue weighted by Crippen LogP contribution is 2.58. The summed E-state index contributed by atoms with van der Waals surface area (Å²) >= 11 is 0. The molecule has 0 radical (unpaired) electrons. The summed E-state index contributed by atoms with van der Waals surface area (Å²) in [5, 5.41) is 0. The van der Waals surface area contributed by atoms with Gasteiger partial charge in [0.15, 0.2) is 0 Å². The Hall–Kier alpha value is -6.96. The summed E-state index contributed by atoms with van der Waals surface area (Å²) in [6.07, 6.45) is 7.60. The van der Waals surface area contributed by atoms with Gasteiger partial charge in [-0.1, -0.05) is 210 Å². The predicted molar refractivity (Wildman–Crippen MR) is 261 cm³/mol. The fourth-order valence-corrected chi connectivity index (χ4v) is 9.32. The summed E-state index contributed by atoms with van der Waals surface area (Å²) in [6.45, 7) is 11.2. The average Bonchev–Trinajstić information content (AvgIpc) is 3.60. The van der Waals surface area contributed by atoms with E-state index in [2.05, 4.69) is 258 Å². The van der Waals surface area contributed by atoms with E-state index in [0.29, 0.717) is 0 Å². The van der Waals surface area contributed by atoms with Gasteiger partial charge in [-0.15, -0.1) is 0 Å². The minimum absolute atomic E-state index is 0.0107. The zero-order chi connectivity index (χ0) is 42.0. The lowest BCUT2D eigenvalue weighted by atomic mass is 9.67. The van der Waals surface area contributed by atoms with Crippen LogP contribution in [0.1, 0.15) is 74.4 Å². The molecule has 0 atom stereocenters. The zero-order valence-corrected chi connectivity index (χ0v) is 35.9. The smallest absolute Gasteiger partial charge is 0.0714 e. The lowest BCUT2D eigenvalue weighted by Gasteiger charge is -2.35. The first kappa shape index (κ1) is 39.5. The Kier molecular flexibility index (Phi) is 10.7. The van der Waals surface area contributed by atoms with Crippen molar-refractivity contribution in [3.05, 3.63) is 252 Å². The molecule has 0 N–H and O–H groups in total. The van der Waals surface area contributed by atoms with Crippen LogP contribution in [-0.2, 0) is 10.8 Å². The summed E-state index contributed by atoms with van der Waals surface area (Å²) in [5.74, 6) is 0. The van der Waals surface area contributed by atoms with E-state index in [1.165, 1.54) is 72.3 Å². The molecule has 1 nitrogen and oxygen atoms in total. The molecule has 8 aromatic rings. The maximum Gasteiger partial charge on any atom is 0.0714 e. The minimum Gasteiger partial charge on any atom is -0.310 e. The Morgan fingerprint density at radius 2 is 1.00 bits per heavy atom. The Labute approximate surface area is 363 Å². The Morgan fingerprint density at radius 3 is 1.61 bits per heavy atom. The van der Waals surface area contributed by atoms with Crippen molar-refractivity contribution >= 4 is 22.6 Å². The molecule has 0 bridgehead atoms. The molecule has 1 aliphatic rings. The van der Waals surface area contributed by atoms with Crippen LogP contribution >= 0.6 is 0 Å². The molecule has 0 amide bonds. The van der Waals surface area contributed by atoms with E-state index in [4.69, 9.17) is 0 Å². The second-order valence-electron chi connectivity index (χ2n) is 17.2. The molecule has 8 aromatic carbocycles. The first-order valence-corrected chi connectivity index (χ1v) is 21.7. The van der Waals surface area contributed by atoms with E-state index >= 15 is 0 Å². The SMILES string of the molecule is C/C=C\C(=C/CC)c1ccc(-c2cccc(N(c3ccc(-c4ccccc4)cc3)c3ccc4c(c3)C(c3ccccc3)(c3ccccc3)c3cc(C(C)(C)C)ccc3-4)c2)cc1. The lowest BCUT2D eigenvalue weighted by molar-refractivity contribution is 0.588. The van der Waals surface area contributed by atoms with Crippen molar-refractivity contribution in [1.82, 2.24) is 0 Å². The van der Waals surface area contributed by atoms with E-state index in [-0.39, 0.29) is 5.41 Å². The first-order valence-electron chi connectivity index (χ1n) is 21.7. The largest absolute Gasteiger partial charge is 0.310 e. The van der Waals surface area contributed by atoms with Gasteiger partial charge in [0.05, 0.1) is 5.41 Å². The number of hydrogen-bond acceptors (Lipinski definition) is 1. The van der Waals surface area contributed by atoms with E-state index in [0.717, 1.165) is 23.5 Å². The van der Waals surface area contributed by atoms with Crippen molar-refractivity contribution in [1.29, 1.82) is 0 Å². The molecular weight excluding hydrogens is 735 g/mol. The number of hydrogen-bond donors (Lipinski definition) is 0. The van der Waals surface area contributed by atoms with Crippen LogP contribution in [0.5, 0.6) is 0 Å². The average molecular weight is 788 g/mol. The van der Waals surface area contributed by atoms with Crippen LogP contribution in [0.2, 0.25) is 0 Å². The van der Waals surface area contributed by atoms with Crippen LogP contribution < -0.4 is 4.90 Å². The quantitative estimate of drug-likeness (QED) is 0.125. The Balaban J connectivity index is 1.25. The van der Waals surface area contributed by atoms with Crippen molar-refractivity contribution in [2.24, 2.45) is 0 Å². The van der Waals surface area contributed by atoms with Crippen molar-refractivity contribution in [2.75, 3.05) is 4.90 Å². The third kappa shape index (κ3) is 7.36. The highest BCUT2D eigenvalue weighted by molar-refractivity contribution is 5.90. The van der Waals surface area contributed by atoms with Gasteiger partial charge in [-0.05, 0) is 127 Å². The molecule has 0 saturated carbocycles. The molecule has 0 aliphatic heterocycles. The summed E-state index contributed by atoms with van der Waals surface area (Å²) in [4.78, 5) is 2.44. The van der Waals surface area contributed by atoms with Gasteiger partial charge < -0.3 is 4.90 Å². The van der Waals surface area contributed by atoms with Crippen molar-refractivity contribution in [3.8, 4) is 33.4 Å². The van der Waals surface area contributed by atoms with Gasteiger partial charge in [0.1, 0.15) is 0 Å². The third-order valence-corrected chi connectivity index (χ3v) is 12.3. The van der Waals surface area contributed by atoms with Gasteiger partial charge >= 0.3 is 0 Å². The molecule has 0 heterocycles. The molecule has 0 unspecified atom stereocenters. The number of nitrogens with zero attached hydrogens (tertiary/aromatic N) is 1. The highest BCUT2D eigenvalue weighted by Gasteiger charge is 2.47. The van der Waals surface area contributed by atoms with Gasteiger partial charge in [0.25, 0.3) is 0 Å². The van der Waals surface area contributed by atoms with Gasteiger partial charge in [0, 0.05) is 17.1 Å². The van der Waals surface area contributed by atoms with Crippen LogP contribution in [0.4, 0.5) is 17.1 Å². The van der Waals surface area contributed by atoms with Gasteiger partial charge in [-0.3, -0.25) is 0 Å². The summed E-state index contributed by atoms with van der Waals surface area (Å²) < 4.78 is 0. The lowest BCUT2D eigenvalue weighted by Crippen LogP contribution is -2.29. The number of anilines is 3. The van der Waals surface area contributed by atoms with Crippen LogP contribution in [0.3, 0.4) is 0 Å². The van der Waals surface area contributed by atoms with Crippen molar-refractivity contribution in [2.45, 2.75) is 51.9 Å². The summed E-state index contributed by atoms with van der Waals surface area (Å²) in [6, 6.07) is 74.4. The van der Waals surface area contributed by atoms with Crippen LogP contribution in [0.15, 0.2) is 218 Å². The normalized spacial score (nSPS) is 13.2. The molecule has 298 valence electrons. The maximum absolute atomic E-state index is 2.49. The number of allylic oxidation sites excluding steroid dienone is 4. The maximum atomic E-state index is 2.49. The van der Waals surface area contributed by atoms with E-state index < -0.39 is 5.41 Å². The van der Waals surface area contributed by atoms with Crippen molar-refractivity contribution < 1.29 is 0 Å². The number of benzene rings is 8. The summed E-state index contributed by atoms with van der Waals surface area (Å²) in [7, 11) is 0. The molecular formula is C60H53N.